The number of allylic oxidation sites excluding steroid dienone is 6. The van der Waals surface area contributed by atoms with Gasteiger partial charge in [0.1, 0.15) is 12.6 Å². The number of benzene rings is 3. The minimum atomic E-state index is -2.48. The zero-order chi connectivity index (χ0) is 49.6. The lowest BCUT2D eigenvalue weighted by Gasteiger charge is -2.25. The maximum absolute atomic E-state index is 13.7. The van der Waals surface area contributed by atoms with Gasteiger partial charge in [-0.15, -0.1) is 4.33 Å². The van der Waals surface area contributed by atoms with E-state index in [9.17, 15) is 23.8 Å². The van der Waals surface area contributed by atoms with Crippen LogP contribution >= 0.6 is 24.1 Å². The molecule has 0 saturated carbocycles. The van der Waals surface area contributed by atoms with Crippen LogP contribution < -0.4 is 20.8 Å². The highest BCUT2D eigenvalue weighted by Gasteiger charge is 2.44. The van der Waals surface area contributed by atoms with Crippen LogP contribution in [0.3, 0.4) is 0 Å². The molecule has 68 heavy (non-hydrogen) atoms. The van der Waals surface area contributed by atoms with Crippen molar-refractivity contribution in [3.63, 3.8) is 0 Å². The number of carbonyl (C=O) groups is 3. The number of nitrogens with one attached hydrogen (secondary N) is 2. The number of anilines is 1. The number of rotatable bonds is 25. The van der Waals surface area contributed by atoms with Gasteiger partial charge in [-0.1, -0.05) is 87.7 Å². The Balaban J connectivity index is 1.26. The highest BCUT2D eigenvalue weighted by Crippen LogP contribution is 2.49. The molecule has 2 amide bonds. The topological polar surface area (TPSA) is 179 Å². The van der Waals surface area contributed by atoms with Gasteiger partial charge in [0.05, 0.1) is 35.5 Å². The van der Waals surface area contributed by atoms with Gasteiger partial charge in [-0.25, -0.2) is 5.26 Å². The molecule has 5 rings (SSSR count). The zero-order valence-electron chi connectivity index (χ0n) is 40.4. The number of likely N-dealkylation sites (N-methyl/N-ethyl adjacent to an activating group) is 1. The summed E-state index contributed by atoms with van der Waals surface area (Å²) in [5.74, 6) is -1.39. The van der Waals surface area contributed by atoms with Crippen molar-refractivity contribution in [1.29, 1.82) is 0 Å². The SMILES string of the molecule is CCN1/C(=C/C=C/C=C/C2=[N+](CCCCCCC(=O)N[C@@H](Cc3ccccc3)C(=O)N[C@H](C(=O)C=S(C)(C)=O)C(C)C)c3ccc(SOO[O-])cc3C2(C)C)C(C)(C)c2cc(SOOO)ccc21. The predicted molar refractivity (Wildman–Crippen MR) is 270 cm³/mol. The minimum absolute atomic E-state index is 0.235. The molecule has 2 aliphatic heterocycles. The van der Waals surface area contributed by atoms with Crippen LogP contribution in [0.2, 0.25) is 0 Å². The highest BCUT2D eigenvalue weighted by molar-refractivity contribution is 8.01. The van der Waals surface area contributed by atoms with E-state index >= 15 is 0 Å². The van der Waals surface area contributed by atoms with Gasteiger partial charge in [-0.2, -0.15) is 8.91 Å². The van der Waals surface area contributed by atoms with Crippen LogP contribution in [-0.4, -0.2) is 80.4 Å². The second-order valence-electron chi connectivity index (χ2n) is 18.7. The van der Waals surface area contributed by atoms with Crippen LogP contribution in [0.25, 0.3) is 0 Å². The molecule has 368 valence electrons. The molecule has 0 aliphatic carbocycles. The Morgan fingerprint density at radius 1 is 0.868 bits per heavy atom. The molecule has 0 radical (unpaired) electrons. The average molecular weight is 991 g/mol. The Labute approximate surface area is 410 Å². The fourth-order valence-electron chi connectivity index (χ4n) is 8.87. The molecule has 0 bridgehead atoms. The molecule has 2 atom stereocenters. The zero-order valence-corrected chi connectivity index (χ0v) is 42.9. The van der Waals surface area contributed by atoms with Crippen molar-refractivity contribution in [3.8, 4) is 0 Å². The first-order valence-corrected chi connectivity index (χ1v) is 26.8. The molecule has 3 aromatic rings. The summed E-state index contributed by atoms with van der Waals surface area (Å²) in [6, 6.07) is 19.6. The van der Waals surface area contributed by atoms with E-state index in [1.54, 1.807) is 0 Å². The maximum atomic E-state index is 13.7. The van der Waals surface area contributed by atoms with Crippen molar-refractivity contribution in [2.24, 2.45) is 5.92 Å². The quantitative estimate of drug-likeness (QED) is 0.0141. The predicted octanol–water partition coefficient (Wildman–Crippen LogP) is 8.27. The third-order valence-electron chi connectivity index (χ3n) is 12.2. The summed E-state index contributed by atoms with van der Waals surface area (Å²) < 4.78 is 24.1. The first kappa shape index (κ1) is 54.4. The Kier molecular flexibility index (Phi) is 19.9. The number of hydrogen-bond acceptors (Lipinski definition) is 13. The molecule has 3 N–H and O–H groups in total. The van der Waals surface area contributed by atoms with Crippen molar-refractivity contribution in [2.45, 2.75) is 120 Å². The van der Waals surface area contributed by atoms with Gasteiger partial charge < -0.3 is 20.8 Å². The molecular formula is C51H66N4O10S3. The number of unbranched alkanes of at least 4 members (excludes halogenated alkanes) is 3. The van der Waals surface area contributed by atoms with Crippen LogP contribution in [0.15, 0.2) is 113 Å². The van der Waals surface area contributed by atoms with Crippen LogP contribution in [-0.2, 0) is 59.9 Å². The van der Waals surface area contributed by atoms with Crippen molar-refractivity contribution in [1.82, 2.24) is 10.6 Å². The van der Waals surface area contributed by atoms with E-state index in [0.717, 1.165) is 106 Å². The Bertz CT molecular complexity index is 2500. The van der Waals surface area contributed by atoms with Gasteiger partial charge in [-0.3, -0.25) is 23.6 Å². The number of Topliss-reactive ketones (excluding diaryl/α,β-unsaturated/α-hetero) is 1. The Hall–Kier alpha value is -4.56. The summed E-state index contributed by atoms with van der Waals surface area (Å²) in [7, 11) is -2.48. The fraction of sp³-hybridized carbons (Fsp3) is 0.431. The lowest BCUT2D eigenvalue weighted by Crippen LogP contribution is -2.54. The Morgan fingerprint density at radius 3 is 2.21 bits per heavy atom. The number of carbonyl (C=O) groups excluding carboxylic acids is 3. The van der Waals surface area contributed by atoms with E-state index in [0.29, 0.717) is 6.42 Å². The van der Waals surface area contributed by atoms with E-state index < -0.39 is 38.7 Å². The first-order chi connectivity index (χ1) is 32.3. The highest BCUT2D eigenvalue weighted by atomic mass is 32.2. The summed E-state index contributed by atoms with van der Waals surface area (Å²) >= 11 is 1.81. The van der Waals surface area contributed by atoms with E-state index in [-0.39, 0.29) is 30.1 Å². The molecule has 17 heteroatoms. The van der Waals surface area contributed by atoms with E-state index in [1.807, 2.05) is 74.5 Å². The number of amides is 2. The maximum Gasteiger partial charge on any atom is 0.243 e. The van der Waals surface area contributed by atoms with Crippen LogP contribution in [0.1, 0.15) is 97.3 Å². The second-order valence-corrected chi connectivity index (χ2v) is 23.1. The van der Waals surface area contributed by atoms with Gasteiger partial charge in [0.15, 0.2) is 11.5 Å². The van der Waals surface area contributed by atoms with Crippen molar-refractivity contribution in [3.05, 3.63) is 119 Å². The second kappa shape index (κ2) is 24.8. The first-order valence-electron chi connectivity index (χ1n) is 22.8. The summed E-state index contributed by atoms with van der Waals surface area (Å²) in [5.41, 5.74) is 6.84. The van der Waals surface area contributed by atoms with Gasteiger partial charge in [0.25, 0.3) is 0 Å². The number of fused-ring (bicyclic) bond motifs is 2. The fourth-order valence-corrected chi connectivity index (χ4v) is 10.4. The normalized spacial score (nSPS) is 16.7. The largest absolute Gasteiger partial charge is 0.691 e. The molecule has 0 unspecified atom stereocenters. The molecule has 0 spiro atoms. The third kappa shape index (κ3) is 14.3. The molecule has 0 fully saturated rings. The van der Waals surface area contributed by atoms with Crippen molar-refractivity contribution in [2.75, 3.05) is 30.5 Å². The minimum Gasteiger partial charge on any atom is -0.691 e. The van der Waals surface area contributed by atoms with Crippen molar-refractivity contribution < 1.29 is 52.4 Å². The lowest BCUT2D eigenvalue weighted by atomic mass is 9.81. The summed E-state index contributed by atoms with van der Waals surface area (Å²) in [6.07, 6.45) is 17.0. The molecule has 0 aromatic heterocycles. The van der Waals surface area contributed by atoms with E-state index in [1.165, 1.54) is 17.9 Å². The van der Waals surface area contributed by atoms with Crippen molar-refractivity contribution >= 4 is 73.7 Å². The number of nitrogens with zero attached hydrogens (tertiary/aromatic N) is 2. The Morgan fingerprint density at radius 2 is 1.54 bits per heavy atom. The van der Waals surface area contributed by atoms with E-state index in [4.69, 9.17) is 5.26 Å². The molecule has 3 aromatic carbocycles. The van der Waals surface area contributed by atoms with Crippen LogP contribution in [0.5, 0.6) is 0 Å². The monoisotopic (exact) mass is 990 g/mol. The molecular weight excluding hydrogens is 925 g/mol. The van der Waals surface area contributed by atoms with Gasteiger partial charge in [-0.05, 0) is 96.6 Å². The molecule has 2 heterocycles. The smallest absolute Gasteiger partial charge is 0.243 e. The third-order valence-corrected chi connectivity index (χ3v) is 14.2. The standard InChI is InChI=1S/C51H66N4O10S3/c1-10-54-42-28-26-37(66-64-62-59)32-39(42)50(4,5)45(54)23-17-14-18-24-46-51(6,7)40-33-38(67-65-63-60)27-29-43(40)55(46)30-20-12-11-19-25-47(57)52-41(31-36-21-15-13-16-22-36)49(58)53-48(35(2)3)44(56)34-68(8,9)61/h13-18,21-24,26-29,32-35,41,48H,10-12,19-20,25,30-31H2,1-9H3,(H3-,52,53,57,58,59,60)/t41-,48-/m0/s1. The molecule has 2 aliphatic rings. The summed E-state index contributed by atoms with van der Waals surface area (Å²) in [5, 5.41) is 33.7. The van der Waals surface area contributed by atoms with Crippen LogP contribution in [0.4, 0.5) is 11.4 Å². The van der Waals surface area contributed by atoms with Gasteiger partial charge >= 0.3 is 0 Å². The van der Waals surface area contributed by atoms with Gasteiger partial charge in [0, 0.05) is 88.0 Å². The molecule has 0 saturated heterocycles. The molecule has 14 nitrogen and oxygen atoms in total. The van der Waals surface area contributed by atoms with E-state index in [2.05, 4.69) is 110 Å². The lowest BCUT2D eigenvalue weighted by molar-refractivity contribution is -0.777. The summed E-state index contributed by atoms with van der Waals surface area (Å²) in [6.45, 7) is 16.0. The number of ketones is 1. The average Bonchev–Trinajstić information content (AvgIpc) is 3.63. The summed E-state index contributed by atoms with van der Waals surface area (Å²) in [4.78, 5) is 43.9. The van der Waals surface area contributed by atoms with Gasteiger partial charge in [0.2, 0.25) is 17.5 Å². The number of hydrogen-bond donors (Lipinski definition) is 3. The van der Waals surface area contributed by atoms with Crippen LogP contribution in [0, 0.1) is 5.92 Å².